The van der Waals surface area contributed by atoms with Crippen LogP contribution in [0.15, 0.2) is 24.3 Å². The molecule has 0 amide bonds. The number of nitrogens with one attached hydrogen (secondary N) is 1. The maximum absolute atomic E-state index is 12.8. The standard InChI is InChI=1S/C14H23FN2O/c1-3-17(11-9-16-10-12-18-4-2)14-7-5-13(15)6-8-14/h5-8,16H,3-4,9-12H2,1-2H3. The van der Waals surface area contributed by atoms with E-state index in [0.29, 0.717) is 0 Å². The number of ether oxygens (including phenoxy) is 1. The Morgan fingerprint density at radius 3 is 2.50 bits per heavy atom. The van der Waals surface area contributed by atoms with Crippen molar-refractivity contribution in [3.63, 3.8) is 0 Å². The summed E-state index contributed by atoms with van der Waals surface area (Å²) in [4.78, 5) is 2.22. The number of hydrogen-bond acceptors (Lipinski definition) is 3. The lowest BCUT2D eigenvalue weighted by atomic mass is 10.3. The molecule has 1 aromatic rings. The van der Waals surface area contributed by atoms with Crippen molar-refractivity contribution in [3.05, 3.63) is 30.1 Å². The first-order valence-electron chi connectivity index (χ1n) is 6.57. The molecule has 1 aromatic carbocycles. The number of benzene rings is 1. The summed E-state index contributed by atoms with van der Waals surface area (Å²) in [6, 6.07) is 6.64. The molecule has 0 aliphatic rings. The molecule has 4 heteroatoms. The van der Waals surface area contributed by atoms with Crippen molar-refractivity contribution in [2.75, 3.05) is 44.3 Å². The fourth-order valence-electron chi connectivity index (χ4n) is 1.75. The Hall–Kier alpha value is -1.13. The molecule has 0 aliphatic heterocycles. The largest absolute Gasteiger partial charge is 0.380 e. The first-order chi connectivity index (χ1) is 8.77. The van der Waals surface area contributed by atoms with Crippen molar-refractivity contribution in [1.82, 2.24) is 5.32 Å². The van der Waals surface area contributed by atoms with Crippen LogP contribution in [0.4, 0.5) is 10.1 Å². The van der Waals surface area contributed by atoms with Crippen LogP contribution >= 0.6 is 0 Å². The van der Waals surface area contributed by atoms with Gasteiger partial charge in [-0.05, 0) is 38.1 Å². The fourth-order valence-corrected chi connectivity index (χ4v) is 1.75. The Balaban J connectivity index is 2.27. The second-order valence-corrected chi connectivity index (χ2v) is 4.00. The van der Waals surface area contributed by atoms with Crippen LogP contribution in [-0.2, 0) is 4.74 Å². The lowest BCUT2D eigenvalue weighted by Crippen LogP contribution is -2.33. The molecule has 18 heavy (non-hydrogen) atoms. The average Bonchev–Trinajstić information content (AvgIpc) is 2.39. The Morgan fingerprint density at radius 2 is 1.89 bits per heavy atom. The molecule has 0 saturated carbocycles. The van der Waals surface area contributed by atoms with E-state index < -0.39 is 0 Å². The summed E-state index contributed by atoms with van der Waals surface area (Å²) < 4.78 is 18.1. The number of anilines is 1. The molecule has 102 valence electrons. The number of nitrogens with zero attached hydrogens (tertiary/aromatic N) is 1. The van der Waals surface area contributed by atoms with Gasteiger partial charge in [-0.2, -0.15) is 0 Å². The Labute approximate surface area is 109 Å². The summed E-state index contributed by atoms with van der Waals surface area (Å²) in [6.45, 7) is 9.20. The molecule has 1 rings (SSSR count). The second-order valence-electron chi connectivity index (χ2n) is 4.00. The molecule has 3 nitrogen and oxygen atoms in total. The van der Waals surface area contributed by atoms with Crippen LogP contribution in [0.3, 0.4) is 0 Å². The van der Waals surface area contributed by atoms with Gasteiger partial charge >= 0.3 is 0 Å². The minimum atomic E-state index is -0.190. The predicted molar refractivity (Wildman–Crippen MR) is 73.6 cm³/mol. The molecule has 0 radical (unpaired) electrons. The molecule has 0 heterocycles. The Morgan fingerprint density at radius 1 is 1.17 bits per heavy atom. The van der Waals surface area contributed by atoms with Gasteiger partial charge in [-0.3, -0.25) is 0 Å². The summed E-state index contributed by atoms with van der Waals surface area (Å²) in [6.07, 6.45) is 0. The van der Waals surface area contributed by atoms with E-state index in [0.717, 1.165) is 45.1 Å². The highest BCUT2D eigenvalue weighted by Crippen LogP contribution is 2.13. The molecular formula is C14H23FN2O. The highest BCUT2D eigenvalue weighted by molar-refractivity contribution is 5.46. The fraction of sp³-hybridized carbons (Fsp3) is 0.571. The van der Waals surface area contributed by atoms with Crippen molar-refractivity contribution >= 4 is 5.69 Å². The van der Waals surface area contributed by atoms with Crippen molar-refractivity contribution in [1.29, 1.82) is 0 Å². The van der Waals surface area contributed by atoms with E-state index in [4.69, 9.17) is 4.74 Å². The number of rotatable bonds is 9. The van der Waals surface area contributed by atoms with Gasteiger partial charge < -0.3 is 15.0 Å². The molecule has 0 spiro atoms. The van der Waals surface area contributed by atoms with Gasteiger partial charge in [0.2, 0.25) is 0 Å². The average molecular weight is 254 g/mol. The van der Waals surface area contributed by atoms with Crippen molar-refractivity contribution < 1.29 is 9.13 Å². The van der Waals surface area contributed by atoms with E-state index in [1.54, 1.807) is 0 Å². The van der Waals surface area contributed by atoms with Gasteiger partial charge in [0, 0.05) is 38.5 Å². The number of likely N-dealkylation sites (N-methyl/N-ethyl adjacent to an activating group) is 1. The number of hydrogen-bond donors (Lipinski definition) is 1. The van der Waals surface area contributed by atoms with E-state index >= 15 is 0 Å². The van der Waals surface area contributed by atoms with Gasteiger partial charge in [0.15, 0.2) is 0 Å². The topological polar surface area (TPSA) is 24.5 Å². The first kappa shape index (κ1) is 14.9. The van der Waals surface area contributed by atoms with Crippen LogP contribution in [-0.4, -0.2) is 39.4 Å². The van der Waals surface area contributed by atoms with Crippen molar-refractivity contribution in [3.8, 4) is 0 Å². The summed E-state index contributed by atoms with van der Waals surface area (Å²) in [7, 11) is 0. The molecule has 0 aliphatic carbocycles. The molecule has 0 saturated heterocycles. The van der Waals surface area contributed by atoms with Crippen molar-refractivity contribution in [2.45, 2.75) is 13.8 Å². The summed E-state index contributed by atoms with van der Waals surface area (Å²) in [5.74, 6) is -0.190. The second kappa shape index (κ2) is 8.89. The van der Waals surface area contributed by atoms with Gasteiger partial charge in [-0.1, -0.05) is 0 Å². The Bertz CT molecular complexity index is 316. The zero-order chi connectivity index (χ0) is 13.2. The van der Waals surface area contributed by atoms with Gasteiger partial charge in [0.1, 0.15) is 5.82 Å². The first-order valence-corrected chi connectivity index (χ1v) is 6.57. The van der Waals surface area contributed by atoms with Crippen molar-refractivity contribution in [2.24, 2.45) is 0 Å². The quantitative estimate of drug-likeness (QED) is 0.684. The zero-order valence-corrected chi connectivity index (χ0v) is 11.3. The van der Waals surface area contributed by atoms with Crippen LogP contribution < -0.4 is 10.2 Å². The normalized spacial score (nSPS) is 10.6. The van der Waals surface area contributed by atoms with Gasteiger partial charge in [0.05, 0.1) is 6.61 Å². The van der Waals surface area contributed by atoms with E-state index in [-0.39, 0.29) is 5.82 Å². The molecule has 0 atom stereocenters. The van der Waals surface area contributed by atoms with Crippen LogP contribution in [0.25, 0.3) is 0 Å². The van der Waals surface area contributed by atoms with Crippen LogP contribution in [0.5, 0.6) is 0 Å². The monoisotopic (exact) mass is 254 g/mol. The molecule has 0 unspecified atom stereocenters. The molecule has 0 fully saturated rings. The number of halogens is 1. The van der Waals surface area contributed by atoms with E-state index in [2.05, 4.69) is 17.1 Å². The molecule has 0 aromatic heterocycles. The molecular weight excluding hydrogens is 231 g/mol. The Kier molecular flexibility index (Phi) is 7.37. The van der Waals surface area contributed by atoms with Crippen LogP contribution in [0, 0.1) is 5.82 Å². The van der Waals surface area contributed by atoms with Crippen LogP contribution in [0.2, 0.25) is 0 Å². The van der Waals surface area contributed by atoms with E-state index in [1.165, 1.54) is 12.1 Å². The smallest absolute Gasteiger partial charge is 0.123 e. The van der Waals surface area contributed by atoms with Gasteiger partial charge in [-0.15, -0.1) is 0 Å². The third-order valence-electron chi connectivity index (χ3n) is 2.76. The molecule has 1 N–H and O–H groups in total. The minimum absolute atomic E-state index is 0.190. The van der Waals surface area contributed by atoms with Gasteiger partial charge in [0.25, 0.3) is 0 Å². The third-order valence-corrected chi connectivity index (χ3v) is 2.76. The third kappa shape index (κ3) is 5.47. The van der Waals surface area contributed by atoms with Gasteiger partial charge in [-0.25, -0.2) is 4.39 Å². The maximum Gasteiger partial charge on any atom is 0.123 e. The van der Waals surface area contributed by atoms with Crippen LogP contribution in [0.1, 0.15) is 13.8 Å². The summed E-state index contributed by atoms with van der Waals surface area (Å²) in [5.41, 5.74) is 1.06. The summed E-state index contributed by atoms with van der Waals surface area (Å²) in [5, 5.41) is 3.33. The SMILES string of the molecule is CCOCCNCCN(CC)c1ccc(F)cc1. The highest BCUT2D eigenvalue weighted by atomic mass is 19.1. The predicted octanol–water partition coefficient (Wildman–Crippen LogP) is 2.28. The zero-order valence-electron chi connectivity index (χ0n) is 11.3. The minimum Gasteiger partial charge on any atom is -0.380 e. The summed E-state index contributed by atoms with van der Waals surface area (Å²) >= 11 is 0. The van der Waals surface area contributed by atoms with E-state index in [1.807, 2.05) is 19.1 Å². The lowest BCUT2D eigenvalue weighted by molar-refractivity contribution is 0.149. The lowest BCUT2D eigenvalue weighted by Gasteiger charge is -2.23. The highest BCUT2D eigenvalue weighted by Gasteiger charge is 2.03. The molecule has 0 bridgehead atoms. The van der Waals surface area contributed by atoms with E-state index in [9.17, 15) is 4.39 Å². The maximum atomic E-state index is 12.8.